The molecule has 1 unspecified atom stereocenters. The molecule has 3 aromatic carbocycles. The highest BCUT2D eigenvalue weighted by atomic mass is 16.5. The molecule has 0 radical (unpaired) electrons. The van der Waals surface area contributed by atoms with E-state index < -0.39 is 11.9 Å². The van der Waals surface area contributed by atoms with Crippen LogP contribution in [0, 0.1) is 13.8 Å². The Morgan fingerprint density at radius 3 is 2.30 bits per heavy atom. The van der Waals surface area contributed by atoms with Crippen molar-refractivity contribution in [3.05, 3.63) is 101 Å². The van der Waals surface area contributed by atoms with Gasteiger partial charge in [-0.25, -0.2) is 0 Å². The Hall–Kier alpha value is -3.40. The highest BCUT2D eigenvalue weighted by Gasteiger charge is 2.25. The van der Waals surface area contributed by atoms with Gasteiger partial charge in [-0.2, -0.15) is 0 Å². The molecular formula is C26H25O4-. The smallest absolute Gasteiger partial charge is 0.170 e. The van der Waals surface area contributed by atoms with Gasteiger partial charge in [0, 0.05) is 23.0 Å². The van der Waals surface area contributed by atoms with Gasteiger partial charge < -0.3 is 14.6 Å². The first-order valence-corrected chi connectivity index (χ1v) is 10.0. The third kappa shape index (κ3) is 5.15. The van der Waals surface area contributed by atoms with Crippen molar-refractivity contribution in [3.63, 3.8) is 0 Å². The van der Waals surface area contributed by atoms with Crippen LogP contribution in [0.4, 0.5) is 0 Å². The molecule has 0 N–H and O–H groups in total. The molecule has 0 aliphatic heterocycles. The molecule has 0 fully saturated rings. The van der Waals surface area contributed by atoms with Crippen LogP contribution in [0.2, 0.25) is 0 Å². The highest BCUT2D eigenvalue weighted by molar-refractivity contribution is 6.03. The van der Waals surface area contributed by atoms with Gasteiger partial charge in [0.1, 0.15) is 12.4 Å². The van der Waals surface area contributed by atoms with E-state index in [1.54, 1.807) is 12.1 Å². The lowest BCUT2D eigenvalue weighted by molar-refractivity contribution is -0.305. The summed E-state index contributed by atoms with van der Waals surface area (Å²) in [6.07, 6.45) is 0.0224. The molecule has 30 heavy (non-hydrogen) atoms. The first-order chi connectivity index (χ1) is 14.5. The summed E-state index contributed by atoms with van der Waals surface area (Å²) in [5.74, 6) is -1.16. The number of carboxylic acid groups (broad SMARTS) is 1. The van der Waals surface area contributed by atoms with Crippen LogP contribution >= 0.6 is 0 Å². The van der Waals surface area contributed by atoms with E-state index in [2.05, 4.69) is 0 Å². The van der Waals surface area contributed by atoms with Crippen molar-refractivity contribution < 1.29 is 19.4 Å². The average molecular weight is 401 g/mol. The quantitative estimate of drug-likeness (QED) is 0.499. The number of aryl methyl sites for hydroxylation is 1. The number of carbonyl (C=O) groups excluding carboxylic acids is 2. The number of ketones is 1. The summed E-state index contributed by atoms with van der Waals surface area (Å²) >= 11 is 0. The predicted octanol–water partition coefficient (Wildman–Crippen LogP) is 4.38. The van der Waals surface area contributed by atoms with Crippen LogP contribution in [-0.4, -0.2) is 11.8 Å². The third-order valence-electron chi connectivity index (χ3n) is 5.30. The number of hydrogen-bond acceptors (Lipinski definition) is 4. The van der Waals surface area contributed by atoms with E-state index in [-0.39, 0.29) is 18.6 Å². The van der Waals surface area contributed by atoms with Gasteiger partial charge in [-0.3, -0.25) is 4.79 Å². The monoisotopic (exact) mass is 401 g/mol. The van der Waals surface area contributed by atoms with Crippen molar-refractivity contribution in [2.45, 2.75) is 39.2 Å². The zero-order valence-electron chi connectivity index (χ0n) is 17.3. The number of hydrogen-bond donors (Lipinski definition) is 0. The van der Waals surface area contributed by atoms with Crippen molar-refractivity contribution in [1.29, 1.82) is 0 Å². The summed E-state index contributed by atoms with van der Waals surface area (Å²) in [6.45, 7) is 4.20. The molecule has 0 saturated carbocycles. The van der Waals surface area contributed by atoms with Crippen molar-refractivity contribution in [1.82, 2.24) is 0 Å². The molecule has 0 spiro atoms. The molecule has 4 heteroatoms. The van der Waals surface area contributed by atoms with Crippen molar-refractivity contribution in [3.8, 4) is 5.75 Å². The zero-order chi connectivity index (χ0) is 21.5. The lowest BCUT2D eigenvalue weighted by Crippen LogP contribution is -2.24. The Labute approximate surface area is 177 Å². The standard InChI is InChI=1S/C26H26O4/c1-18-9-6-7-12-21(18)23(15-16-25(27)28)26(29)22-13-8-14-24(19(22)2)30-17-20-10-4-3-5-11-20/h3-14,23H,15-17H2,1-2H3,(H,27,28)/p-1. The summed E-state index contributed by atoms with van der Waals surface area (Å²) in [5, 5.41) is 11.1. The van der Waals surface area contributed by atoms with E-state index >= 15 is 0 Å². The molecule has 0 saturated heterocycles. The summed E-state index contributed by atoms with van der Waals surface area (Å²) in [5.41, 5.74) is 4.15. The number of Topliss-reactive ketones (excluding diaryl/α,β-unsaturated/α-hetero) is 1. The molecule has 0 heterocycles. The number of rotatable bonds is 9. The van der Waals surface area contributed by atoms with E-state index in [0.717, 1.165) is 22.3 Å². The Morgan fingerprint density at radius 1 is 0.900 bits per heavy atom. The second-order valence-corrected chi connectivity index (χ2v) is 7.39. The Morgan fingerprint density at radius 2 is 1.60 bits per heavy atom. The van der Waals surface area contributed by atoms with E-state index in [4.69, 9.17) is 4.74 Å². The van der Waals surface area contributed by atoms with Crippen molar-refractivity contribution in [2.75, 3.05) is 0 Å². The zero-order valence-corrected chi connectivity index (χ0v) is 17.3. The Balaban J connectivity index is 1.88. The lowest BCUT2D eigenvalue weighted by atomic mass is 9.83. The van der Waals surface area contributed by atoms with Crippen molar-refractivity contribution >= 4 is 11.8 Å². The normalized spacial score (nSPS) is 11.7. The fourth-order valence-electron chi connectivity index (χ4n) is 3.63. The van der Waals surface area contributed by atoms with Crippen LogP contribution in [0.3, 0.4) is 0 Å². The van der Waals surface area contributed by atoms with Gasteiger partial charge in [-0.15, -0.1) is 0 Å². The first-order valence-electron chi connectivity index (χ1n) is 10.0. The van der Waals surface area contributed by atoms with Gasteiger partial charge in [-0.1, -0.05) is 66.7 Å². The van der Waals surface area contributed by atoms with E-state index in [1.807, 2.05) is 74.5 Å². The van der Waals surface area contributed by atoms with Crippen LogP contribution in [-0.2, 0) is 11.4 Å². The van der Waals surface area contributed by atoms with E-state index in [0.29, 0.717) is 17.9 Å². The molecule has 3 rings (SSSR count). The van der Waals surface area contributed by atoms with Crippen LogP contribution in [0.25, 0.3) is 0 Å². The first kappa shape index (κ1) is 21.3. The van der Waals surface area contributed by atoms with Crippen LogP contribution in [0.15, 0.2) is 72.8 Å². The van der Waals surface area contributed by atoms with Gasteiger partial charge in [0.05, 0.1) is 0 Å². The highest BCUT2D eigenvalue weighted by Crippen LogP contribution is 2.32. The number of carbonyl (C=O) groups is 2. The second kappa shape index (κ2) is 9.88. The topological polar surface area (TPSA) is 66.4 Å². The van der Waals surface area contributed by atoms with E-state index in [9.17, 15) is 14.7 Å². The minimum absolute atomic E-state index is 0.104. The summed E-state index contributed by atoms with van der Waals surface area (Å²) in [4.78, 5) is 24.6. The minimum Gasteiger partial charge on any atom is -0.550 e. The number of ether oxygens (including phenoxy) is 1. The molecule has 0 aromatic heterocycles. The molecule has 0 amide bonds. The molecule has 4 nitrogen and oxygen atoms in total. The molecule has 0 aliphatic carbocycles. The maximum Gasteiger partial charge on any atom is 0.170 e. The molecule has 1 atom stereocenters. The Bertz CT molecular complexity index is 1020. The third-order valence-corrected chi connectivity index (χ3v) is 5.30. The van der Waals surface area contributed by atoms with Crippen LogP contribution < -0.4 is 9.84 Å². The fourth-order valence-corrected chi connectivity index (χ4v) is 3.63. The molecule has 154 valence electrons. The van der Waals surface area contributed by atoms with Crippen LogP contribution in [0.5, 0.6) is 5.75 Å². The largest absolute Gasteiger partial charge is 0.550 e. The summed E-state index contributed by atoms with van der Waals surface area (Å²) in [6, 6.07) is 22.8. The Kier molecular flexibility index (Phi) is 7.02. The average Bonchev–Trinajstić information content (AvgIpc) is 2.74. The lowest BCUT2D eigenvalue weighted by Gasteiger charge is -2.21. The maximum absolute atomic E-state index is 13.5. The van der Waals surface area contributed by atoms with Crippen LogP contribution in [0.1, 0.15) is 51.4 Å². The van der Waals surface area contributed by atoms with Gasteiger partial charge >= 0.3 is 0 Å². The van der Waals surface area contributed by atoms with Gasteiger partial charge in [0.25, 0.3) is 0 Å². The SMILES string of the molecule is Cc1ccccc1C(CCC(=O)[O-])C(=O)c1cccc(OCc2ccccc2)c1C. The second-order valence-electron chi connectivity index (χ2n) is 7.39. The summed E-state index contributed by atoms with van der Waals surface area (Å²) in [7, 11) is 0. The van der Waals surface area contributed by atoms with Gasteiger partial charge in [0.15, 0.2) is 5.78 Å². The molecule has 0 bridgehead atoms. The van der Waals surface area contributed by atoms with E-state index in [1.165, 1.54) is 0 Å². The summed E-state index contributed by atoms with van der Waals surface area (Å²) < 4.78 is 5.96. The van der Waals surface area contributed by atoms with Gasteiger partial charge in [-0.05, 0) is 49.4 Å². The number of carboxylic acids is 1. The maximum atomic E-state index is 13.5. The molecule has 0 aliphatic rings. The van der Waals surface area contributed by atoms with Crippen molar-refractivity contribution in [2.24, 2.45) is 0 Å². The number of benzene rings is 3. The fraction of sp³-hybridized carbons (Fsp3) is 0.231. The number of aliphatic carboxylic acids is 1. The minimum atomic E-state index is -1.15. The molecule has 3 aromatic rings. The predicted molar refractivity (Wildman–Crippen MR) is 114 cm³/mol. The van der Waals surface area contributed by atoms with Gasteiger partial charge in [0.2, 0.25) is 0 Å². The molecular weight excluding hydrogens is 376 g/mol.